The van der Waals surface area contributed by atoms with Gasteiger partial charge in [-0.3, -0.25) is 0 Å². The molecular weight excluding hydrogens is 324 g/mol. The van der Waals surface area contributed by atoms with Gasteiger partial charge in [-0.15, -0.1) is 0 Å². The van der Waals surface area contributed by atoms with E-state index in [-0.39, 0.29) is 6.10 Å². The monoisotopic (exact) mass is 360 g/mol. The summed E-state index contributed by atoms with van der Waals surface area (Å²) in [5, 5.41) is 9.97. The zero-order valence-corrected chi connectivity index (χ0v) is 15.9. The number of rotatable bonds is 11. The largest absolute Gasteiger partial charge is 0.393 e. The third kappa shape index (κ3) is 8.59. The van der Waals surface area contributed by atoms with E-state index < -0.39 is 0 Å². The second-order valence-corrected chi connectivity index (χ2v) is 8.34. The third-order valence-corrected chi connectivity index (χ3v) is 6.49. The van der Waals surface area contributed by atoms with Crippen molar-refractivity contribution in [3.8, 4) is 0 Å². The van der Waals surface area contributed by atoms with E-state index in [1.807, 2.05) is 0 Å². The molecule has 21 heavy (non-hydrogen) atoms. The Morgan fingerprint density at radius 1 is 0.905 bits per heavy atom. The van der Waals surface area contributed by atoms with Crippen LogP contribution in [0.5, 0.6) is 0 Å². The molecule has 2 atom stereocenters. The summed E-state index contributed by atoms with van der Waals surface area (Å²) >= 11 is 3.91. The van der Waals surface area contributed by atoms with Crippen LogP contribution < -0.4 is 0 Å². The zero-order chi connectivity index (χ0) is 15.5. The van der Waals surface area contributed by atoms with Gasteiger partial charge in [0.25, 0.3) is 0 Å². The first-order valence-corrected chi connectivity index (χ1v) is 10.4. The van der Waals surface area contributed by atoms with Crippen LogP contribution >= 0.6 is 15.9 Å². The fourth-order valence-electron chi connectivity index (χ4n) is 3.69. The Bertz CT molecular complexity index is 236. The number of aliphatic hydroxyl groups is 1. The molecule has 0 amide bonds. The van der Waals surface area contributed by atoms with Gasteiger partial charge < -0.3 is 5.11 Å². The standard InChI is InChI=1S/C19H37BrO/c1-3-5-7-8-16-10-12-17(13-11-16)19(20)15-14-18(21)9-6-4-2/h16-19,21H,3-15H2,1-2H3. The van der Waals surface area contributed by atoms with Crippen molar-refractivity contribution in [1.82, 2.24) is 0 Å². The van der Waals surface area contributed by atoms with Crippen molar-refractivity contribution >= 4 is 15.9 Å². The predicted molar refractivity (Wildman–Crippen MR) is 97.1 cm³/mol. The summed E-state index contributed by atoms with van der Waals surface area (Å²) in [6.07, 6.45) is 16.7. The predicted octanol–water partition coefficient (Wildman–Crippen LogP) is 6.47. The maximum atomic E-state index is 9.97. The van der Waals surface area contributed by atoms with Crippen LogP contribution in [0.4, 0.5) is 0 Å². The van der Waals surface area contributed by atoms with Gasteiger partial charge in [0.15, 0.2) is 0 Å². The van der Waals surface area contributed by atoms with Crippen molar-refractivity contribution in [3.05, 3.63) is 0 Å². The van der Waals surface area contributed by atoms with E-state index in [2.05, 4.69) is 29.8 Å². The second-order valence-electron chi connectivity index (χ2n) is 7.17. The molecule has 0 bridgehead atoms. The van der Waals surface area contributed by atoms with E-state index in [4.69, 9.17) is 0 Å². The highest BCUT2D eigenvalue weighted by atomic mass is 79.9. The lowest BCUT2D eigenvalue weighted by Crippen LogP contribution is -2.23. The SMILES string of the molecule is CCCCCC1CCC(C(Br)CCC(O)CCCC)CC1. The summed E-state index contributed by atoms with van der Waals surface area (Å²) in [5.41, 5.74) is 0. The summed E-state index contributed by atoms with van der Waals surface area (Å²) in [4.78, 5) is 0.630. The highest BCUT2D eigenvalue weighted by molar-refractivity contribution is 9.09. The summed E-state index contributed by atoms with van der Waals surface area (Å²) in [6, 6.07) is 0. The number of hydrogen-bond acceptors (Lipinski definition) is 1. The maximum absolute atomic E-state index is 9.97. The van der Waals surface area contributed by atoms with E-state index in [9.17, 15) is 5.11 Å². The van der Waals surface area contributed by atoms with Crippen molar-refractivity contribution in [2.75, 3.05) is 0 Å². The van der Waals surface area contributed by atoms with Crippen LogP contribution in [-0.2, 0) is 0 Å². The van der Waals surface area contributed by atoms with Gasteiger partial charge >= 0.3 is 0 Å². The zero-order valence-electron chi connectivity index (χ0n) is 14.3. The van der Waals surface area contributed by atoms with Crippen molar-refractivity contribution < 1.29 is 5.11 Å². The molecule has 1 aliphatic rings. The van der Waals surface area contributed by atoms with Gasteiger partial charge in [0.1, 0.15) is 0 Å². The molecule has 0 radical (unpaired) electrons. The molecule has 2 heteroatoms. The Morgan fingerprint density at radius 3 is 2.19 bits per heavy atom. The van der Waals surface area contributed by atoms with Crippen LogP contribution in [0.25, 0.3) is 0 Å². The lowest BCUT2D eigenvalue weighted by Gasteiger charge is -2.32. The Balaban J connectivity index is 2.12. The van der Waals surface area contributed by atoms with Crippen molar-refractivity contribution in [3.63, 3.8) is 0 Å². The average Bonchev–Trinajstić information content (AvgIpc) is 2.51. The van der Waals surface area contributed by atoms with Gasteiger partial charge in [0, 0.05) is 4.83 Å². The molecule has 2 unspecified atom stereocenters. The number of unbranched alkanes of at least 4 members (excludes halogenated alkanes) is 3. The van der Waals surface area contributed by atoms with Gasteiger partial charge in [-0.25, -0.2) is 0 Å². The van der Waals surface area contributed by atoms with Crippen LogP contribution in [0.2, 0.25) is 0 Å². The molecule has 0 aromatic rings. The highest BCUT2D eigenvalue weighted by Crippen LogP contribution is 2.37. The Morgan fingerprint density at radius 2 is 1.57 bits per heavy atom. The molecular formula is C19H37BrO. The van der Waals surface area contributed by atoms with E-state index in [1.165, 1.54) is 57.8 Å². The molecule has 0 spiro atoms. The number of halogens is 1. The van der Waals surface area contributed by atoms with Crippen LogP contribution in [0.3, 0.4) is 0 Å². The maximum Gasteiger partial charge on any atom is 0.0540 e. The number of alkyl halides is 1. The molecule has 0 aromatic carbocycles. The summed E-state index contributed by atoms with van der Waals surface area (Å²) in [6.45, 7) is 4.49. The van der Waals surface area contributed by atoms with Crippen LogP contribution in [-0.4, -0.2) is 16.0 Å². The van der Waals surface area contributed by atoms with Gasteiger partial charge in [-0.2, -0.15) is 0 Å². The fraction of sp³-hybridized carbons (Fsp3) is 1.00. The minimum absolute atomic E-state index is 0.0737. The number of aliphatic hydroxyl groups excluding tert-OH is 1. The molecule has 1 nitrogen and oxygen atoms in total. The van der Waals surface area contributed by atoms with E-state index in [0.717, 1.165) is 37.5 Å². The third-order valence-electron chi connectivity index (χ3n) is 5.29. The van der Waals surface area contributed by atoms with Crippen LogP contribution in [0.15, 0.2) is 0 Å². The molecule has 0 heterocycles. The van der Waals surface area contributed by atoms with E-state index >= 15 is 0 Å². The molecule has 1 fully saturated rings. The molecule has 1 aliphatic carbocycles. The Kier molecular flexibility index (Phi) is 11.1. The van der Waals surface area contributed by atoms with Gasteiger partial charge in [0.2, 0.25) is 0 Å². The molecule has 1 N–H and O–H groups in total. The van der Waals surface area contributed by atoms with Crippen molar-refractivity contribution in [2.24, 2.45) is 11.8 Å². The minimum Gasteiger partial charge on any atom is -0.393 e. The first-order valence-electron chi connectivity index (χ1n) is 9.49. The number of hydrogen-bond donors (Lipinski definition) is 1. The van der Waals surface area contributed by atoms with Gasteiger partial charge in [-0.1, -0.05) is 81.1 Å². The van der Waals surface area contributed by atoms with Gasteiger partial charge in [0.05, 0.1) is 6.10 Å². The lowest BCUT2D eigenvalue weighted by atomic mass is 9.78. The van der Waals surface area contributed by atoms with Crippen molar-refractivity contribution in [2.45, 2.75) is 108 Å². The lowest BCUT2D eigenvalue weighted by molar-refractivity contribution is 0.144. The Hall–Kier alpha value is 0.440. The first-order chi connectivity index (χ1) is 10.2. The summed E-state index contributed by atoms with van der Waals surface area (Å²) in [7, 11) is 0. The van der Waals surface area contributed by atoms with Crippen LogP contribution in [0.1, 0.15) is 97.3 Å². The van der Waals surface area contributed by atoms with Crippen molar-refractivity contribution in [1.29, 1.82) is 0 Å². The highest BCUT2D eigenvalue weighted by Gasteiger charge is 2.26. The van der Waals surface area contributed by atoms with E-state index in [0.29, 0.717) is 4.83 Å². The minimum atomic E-state index is -0.0737. The molecule has 1 rings (SSSR count). The molecule has 126 valence electrons. The second kappa shape index (κ2) is 11.9. The summed E-state index contributed by atoms with van der Waals surface area (Å²) < 4.78 is 0. The normalized spacial score (nSPS) is 25.7. The van der Waals surface area contributed by atoms with Crippen LogP contribution in [0, 0.1) is 11.8 Å². The van der Waals surface area contributed by atoms with Gasteiger partial charge in [-0.05, 0) is 43.9 Å². The molecule has 0 saturated heterocycles. The quantitative estimate of drug-likeness (QED) is 0.330. The summed E-state index contributed by atoms with van der Waals surface area (Å²) in [5.74, 6) is 1.86. The molecule has 0 aromatic heterocycles. The smallest absolute Gasteiger partial charge is 0.0540 e. The first kappa shape index (κ1) is 19.5. The topological polar surface area (TPSA) is 20.2 Å². The van der Waals surface area contributed by atoms with E-state index in [1.54, 1.807) is 0 Å². The fourth-order valence-corrected chi connectivity index (χ4v) is 4.49. The molecule has 1 saturated carbocycles. The average molecular weight is 361 g/mol. The Labute approximate surface area is 141 Å². The molecule has 0 aliphatic heterocycles.